The third-order valence-electron chi connectivity index (χ3n) is 3.56. The van der Waals surface area contributed by atoms with Gasteiger partial charge in [-0.2, -0.15) is 0 Å². The number of aliphatic hydroxyl groups is 1. The highest BCUT2D eigenvalue weighted by atomic mass is 79.9. The maximum atomic E-state index is 10.1. The van der Waals surface area contributed by atoms with Crippen molar-refractivity contribution in [1.29, 1.82) is 0 Å². The van der Waals surface area contributed by atoms with E-state index in [4.69, 9.17) is 9.47 Å². The number of nitrogens with zero attached hydrogens (tertiary/aromatic N) is 1. The lowest BCUT2D eigenvalue weighted by Gasteiger charge is -2.28. The number of ether oxygens (including phenoxy) is 2. The minimum atomic E-state index is -0.389. The van der Waals surface area contributed by atoms with Gasteiger partial charge in [-0.15, -0.1) is 0 Å². The van der Waals surface area contributed by atoms with Crippen LogP contribution in [0.2, 0.25) is 0 Å². The van der Waals surface area contributed by atoms with Gasteiger partial charge in [0.2, 0.25) is 0 Å². The zero-order valence-electron chi connectivity index (χ0n) is 12.6. The van der Waals surface area contributed by atoms with E-state index in [9.17, 15) is 5.11 Å². The van der Waals surface area contributed by atoms with Crippen molar-refractivity contribution in [2.45, 2.75) is 12.6 Å². The average Bonchev–Trinajstić information content (AvgIpc) is 2.48. The fourth-order valence-electron chi connectivity index (χ4n) is 2.49. The first kappa shape index (κ1) is 18.2. The Morgan fingerprint density at radius 1 is 1.36 bits per heavy atom. The normalized spacial score (nSPS) is 17.5. The summed E-state index contributed by atoms with van der Waals surface area (Å²) in [5, 5.41) is 13.4. The summed E-state index contributed by atoms with van der Waals surface area (Å²) >= 11 is 6.98. The Balaban J connectivity index is 1.80. The highest BCUT2D eigenvalue weighted by molar-refractivity contribution is 9.11. The number of benzene rings is 1. The molecule has 2 N–H and O–H groups in total. The Labute approximate surface area is 148 Å². The van der Waals surface area contributed by atoms with E-state index < -0.39 is 0 Å². The maximum absolute atomic E-state index is 10.1. The second kappa shape index (κ2) is 9.20. The first-order chi connectivity index (χ1) is 10.6. The number of methoxy groups -OCH3 is 1. The Morgan fingerprint density at radius 2 is 2.09 bits per heavy atom. The summed E-state index contributed by atoms with van der Waals surface area (Å²) in [6, 6.07) is 3.97. The number of morpholine rings is 1. The summed E-state index contributed by atoms with van der Waals surface area (Å²) < 4.78 is 12.6. The van der Waals surface area contributed by atoms with Crippen LogP contribution < -0.4 is 10.1 Å². The molecule has 1 aliphatic rings. The first-order valence-electron chi connectivity index (χ1n) is 7.31. The van der Waals surface area contributed by atoms with Crippen LogP contribution in [-0.2, 0) is 11.3 Å². The summed E-state index contributed by atoms with van der Waals surface area (Å²) in [4.78, 5) is 2.23. The SMILES string of the molecule is COc1c(Br)cc(Br)cc1CNCC(O)CN1CCOCC1. The first-order valence-corrected chi connectivity index (χ1v) is 8.89. The summed E-state index contributed by atoms with van der Waals surface area (Å²) in [5.41, 5.74) is 1.04. The topological polar surface area (TPSA) is 54.0 Å². The number of rotatable bonds is 7. The van der Waals surface area contributed by atoms with Crippen LogP contribution >= 0.6 is 31.9 Å². The smallest absolute Gasteiger partial charge is 0.137 e. The van der Waals surface area contributed by atoms with E-state index in [2.05, 4.69) is 42.1 Å². The molecule has 0 bridgehead atoms. The lowest BCUT2D eigenvalue weighted by atomic mass is 10.2. The van der Waals surface area contributed by atoms with E-state index >= 15 is 0 Å². The van der Waals surface area contributed by atoms with Crippen LogP contribution in [0.5, 0.6) is 5.75 Å². The molecule has 1 atom stereocenters. The lowest BCUT2D eigenvalue weighted by molar-refractivity contribution is 0.0149. The number of aliphatic hydroxyl groups excluding tert-OH is 1. The van der Waals surface area contributed by atoms with Gasteiger partial charge in [-0.05, 0) is 28.1 Å². The van der Waals surface area contributed by atoms with Gasteiger partial charge >= 0.3 is 0 Å². The third-order valence-corrected chi connectivity index (χ3v) is 4.60. The van der Waals surface area contributed by atoms with Crippen molar-refractivity contribution in [2.75, 3.05) is 46.5 Å². The highest BCUT2D eigenvalue weighted by Crippen LogP contribution is 2.32. The summed E-state index contributed by atoms with van der Waals surface area (Å²) in [7, 11) is 1.66. The van der Waals surface area contributed by atoms with E-state index in [1.807, 2.05) is 12.1 Å². The fraction of sp³-hybridized carbons (Fsp3) is 0.600. The number of hydrogen-bond acceptors (Lipinski definition) is 5. The molecular formula is C15H22Br2N2O3. The maximum Gasteiger partial charge on any atom is 0.137 e. The average molecular weight is 438 g/mol. The summed E-state index contributed by atoms with van der Waals surface area (Å²) in [6.45, 7) is 5.15. The molecule has 0 amide bonds. The predicted molar refractivity (Wildman–Crippen MR) is 93.4 cm³/mol. The summed E-state index contributed by atoms with van der Waals surface area (Å²) in [6.07, 6.45) is -0.389. The second-order valence-corrected chi connectivity index (χ2v) is 7.05. The van der Waals surface area contributed by atoms with Crippen molar-refractivity contribution in [3.63, 3.8) is 0 Å². The van der Waals surface area contributed by atoms with Gasteiger partial charge in [0.05, 0.1) is 30.9 Å². The highest BCUT2D eigenvalue weighted by Gasteiger charge is 2.15. The molecule has 22 heavy (non-hydrogen) atoms. The molecule has 0 aliphatic carbocycles. The zero-order chi connectivity index (χ0) is 15.9. The Morgan fingerprint density at radius 3 is 2.77 bits per heavy atom. The van der Waals surface area contributed by atoms with Gasteiger partial charge in [0.1, 0.15) is 5.75 Å². The van der Waals surface area contributed by atoms with Crippen LogP contribution in [0.25, 0.3) is 0 Å². The molecule has 0 aromatic heterocycles. The molecule has 1 heterocycles. The number of halogens is 2. The molecule has 0 spiro atoms. The van der Waals surface area contributed by atoms with Gasteiger partial charge in [0, 0.05) is 42.8 Å². The fourth-order valence-corrected chi connectivity index (χ4v) is 3.97. The standard InChI is InChI=1S/C15H22Br2N2O3/c1-21-15-11(6-12(16)7-14(15)17)8-18-9-13(20)10-19-2-4-22-5-3-19/h6-7,13,18,20H,2-5,8-10H2,1H3. The van der Waals surface area contributed by atoms with Gasteiger partial charge in [-0.25, -0.2) is 0 Å². The molecular weight excluding hydrogens is 416 g/mol. The Kier molecular flexibility index (Phi) is 7.59. The second-order valence-electron chi connectivity index (χ2n) is 5.28. The number of hydrogen-bond donors (Lipinski definition) is 2. The molecule has 2 rings (SSSR count). The van der Waals surface area contributed by atoms with Gasteiger partial charge < -0.3 is 19.9 Å². The van der Waals surface area contributed by atoms with E-state index in [-0.39, 0.29) is 6.10 Å². The molecule has 1 fully saturated rings. The van der Waals surface area contributed by atoms with Crippen molar-refractivity contribution >= 4 is 31.9 Å². The van der Waals surface area contributed by atoms with Gasteiger partial charge in [0.25, 0.3) is 0 Å². The number of nitrogens with one attached hydrogen (secondary N) is 1. The third kappa shape index (κ3) is 5.47. The zero-order valence-corrected chi connectivity index (χ0v) is 15.8. The molecule has 1 aliphatic heterocycles. The van der Waals surface area contributed by atoms with Gasteiger partial charge in [-0.3, -0.25) is 4.90 Å². The molecule has 1 saturated heterocycles. The van der Waals surface area contributed by atoms with Gasteiger partial charge in [0.15, 0.2) is 0 Å². The molecule has 1 unspecified atom stereocenters. The molecule has 124 valence electrons. The van der Waals surface area contributed by atoms with Crippen LogP contribution in [0, 0.1) is 0 Å². The van der Waals surface area contributed by atoms with E-state index in [1.165, 1.54) is 0 Å². The van der Waals surface area contributed by atoms with Crippen LogP contribution in [0.1, 0.15) is 5.56 Å². The minimum Gasteiger partial charge on any atom is -0.495 e. The van der Waals surface area contributed by atoms with Crippen molar-refractivity contribution in [3.8, 4) is 5.75 Å². The molecule has 5 nitrogen and oxygen atoms in total. The molecule has 1 aromatic carbocycles. The van der Waals surface area contributed by atoms with E-state index in [1.54, 1.807) is 7.11 Å². The minimum absolute atomic E-state index is 0.389. The monoisotopic (exact) mass is 436 g/mol. The molecule has 0 saturated carbocycles. The molecule has 0 radical (unpaired) electrons. The summed E-state index contributed by atoms with van der Waals surface area (Å²) in [5.74, 6) is 0.818. The van der Waals surface area contributed by atoms with E-state index in [0.717, 1.165) is 46.6 Å². The molecule has 7 heteroatoms. The predicted octanol–water partition coefficient (Wildman–Crippen LogP) is 2.00. The van der Waals surface area contributed by atoms with Crippen molar-refractivity contribution < 1.29 is 14.6 Å². The van der Waals surface area contributed by atoms with Crippen molar-refractivity contribution in [1.82, 2.24) is 10.2 Å². The number of β-amino-alcohol motifs (C(OH)–C–C–N with tert-alkyl or cyclic N) is 1. The van der Waals surface area contributed by atoms with Crippen molar-refractivity contribution in [3.05, 3.63) is 26.6 Å². The van der Waals surface area contributed by atoms with Crippen LogP contribution in [0.3, 0.4) is 0 Å². The van der Waals surface area contributed by atoms with E-state index in [0.29, 0.717) is 19.6 Å². The lowest BCUT2D eigenvalue weighted by Crippen LogP contribution is -2.43. The van der Waals surface area contributed by atoms with Gasteiger partial charge in [-0.1, -0.05) is 15.9 Å². The largest absolute Gasteiger partial charge is 0.495 e. The quantitative estimate of drug-likeness (QED) is 0.683. The van der Waals surface area contributed by atoms with Crippen LogP contribution in [0.4, 0.5) is 0 Å². The Hall–Kier alpha value is -0.180. The van der Waals surface area contributed by atoms with Crippen LogP contribution in [0.15, 0.2) is 21.1 Å². The Bertz CT molecular complexity index is 482. The van der Waals surface area contributed by atoms with Crippen LogP contribution in [-0.4, -0.2) is 62.6 Å². The molecule has 1 aromatic rings. The van der Waals surface area contributed by atoms with Crippen molar-refractivity contribution in [2.24, 2.45) is 0 Å².